The normalized spacial score (nSPS) is 9.95. The van der Waals surface area contributed by atoms with Gasteiger partial charge in [-0.1, -0.05) is 30.3 Å². The number of primary amides is 1. The number of nitrogens with two attached hydrogens (primary N) is 1. The number of amides is 1. The fourth-order valence-corrected chi connectivity index (χ4v) is 1.90. The molecule has 19 heavy (non-hydrogen) atoms. The lowest BCUT2D eigenvalue weighted by atomic mass is 10.1. The minimum absolute atomic E-state index is 0.419. The second-order valence-corrected chi connectivity index (χ2v) is 4.08. The number of rotatable bonds is 5. The topological polar surface area (TPSA) is 64.3 Å². The molecule has 3 N–H and O–H groups in total. The number of hydrogen-bond donors (Lipinski definition) is 2. The SMILES string of the molecule is COc1ccccc1NCc1ccccc1C(N)=O. The maximum atomic E-state index is 11.3. The van der Waals surface area contributed by atoms with Crippen molar-refractivity contribution in [1.29, 1.82) is 0 Å². The first-order valence-corrected chi connectivity index (χ1v) is 5.97. The molecule has 0 unspecified atom stereocenters. The van der Waals surface area contributed by atoms with Crippen LogP contribution in [0, 0.1) is 0 Å². The number of carbonyl (C=O) groups excluding carboxylic acids is 1. The van der Waals surface area contributed by atoms with Crippen LogP contribution in [-0.4, -0.2) is 13.0 Å². The van der Waals surface area contributed by atoms with E-state index in [1.54, 1.807) is 19.2 Å². The molecule has 0 aliphatic rings. The quantitative estimate of drug-likeness (QED) is 0.863. The Balaban J connectivity index is 2.17. The van der Waals surface area contributed by atoms with Gasteiger partial charge in [0.1, 0.15) is 5.75 Å². The van der Waals surface area contributed by atoms with E-state index in [0.717, 1.165) is 17.0 Å². The van der Waals surface area contributed by atoms with Crippen molar-refractivity contribution in [1.82, 2.24) is 0 Å². The molecule has 0 saturated carbocycles. The molecule has 2 rings (SSSR count). The zero-order chi connectivity index (χ0) is 13.7. The molecule has 4 nitrogen and oxygen atoms in total. The molecule has 0 spiro atoms. The summed E-state index contributed by atoms with van der Waals surface area (Å²) in [6, 6.07) is 14.9. The molecule has 0 aromatic heterocycles. The van der Waals surface area contributed by atoms with Crippen LogP contribution in [0.5, 0.6) is 5.75 Å². The van der Waals surface area contributed by atoms with Crippen LogP contribution in [0.15, 0.2) is 48.5 Å². The molecule has 0 aliphatic carbocycles. The summed E-state index contributed by atoms with van der Waals surface area (Å²) in [7, 11) is 1.62. The number of methoxy groups -OCH3 is 1. The lowest BCUT2D eigenvalue weighted by Gasteiger charge is -2.12. The first-order chi connectivity index (χ1) is 9.22. The summed E-state index contributed by atoms with van der Waals surface area (Å²) in [5.74, 6) is 0.344. The predicted octanol–water partition coefficient (Wildman–Crippen LogP) is 2.41. The number of hydrogen-bond acceptors (Lipinski definition) is 3. The Hall–Kier alpha value is -2.49. The van der Waals surface area contributed by atoms with Crippen molar-refractivity contribution < 1.29 is 9.53 Å². The zero-order valence-electron chi connectivity index (χ0n) is 10.7. The highest BCUT2D eigenvalue weighted by molar-refractivity contribution is 5.94. The summed E-state index contributed by atoms with van der Waals surface area (Å²) < 4.78 is 5.26. The smallest absolute Gasteiger partial charge is 0.249 e. The van der Waals surface area contributed by atoms with Gasteiger partial charge in [-0.05, 0) is 23.8 Å². The number of carbonyl (C=O) groups is 1. The van der Waals surface area contributed by atoms with Crippen LogP contribution in [0.2, 0.25) is 0 Å². The van der Waals surface area contributed by atoms with Crippen LogP contribution in [0.25, 0.3) is 0 Å². The molecule has 0 radical (unpaired) electrons. The van der Waals surface area contributed by atoms with E-state index in [0.29, 0.717) is 12.1 Å². The third-order valence-corrected chi connectivity index (χ3v) is 2.86. The van der Waals surface area contributed by atoms with E-state index < -0.39 is 5.91 Å². The number of nitrogens with one attached hydrogen (secondary N) is 1. The van der Waals surface area contributed by atoms with Crippen molar-refractivity contribution >= 4 is 11.6 Å². The maximum absolute atomic E-state index is 11.3. The van der Waals surface area contributed by atoms with Gasteiger partial charge in [-0.2, -0.15) is 0 Å². The van der Waals surface area contributed by atoms with Gasteiger partial charge in [-0.25, -0.2) is 0 Å². The highest BCUT2D eigenvalue weighted by Crippen LogP contribution is 2.24. The number of ether oxygens (including phenoxy) is 1. The number of para-hydroxylation sites is 2. The number of anilines is 1. The largest absolute Gasteiger partial charge is 0.495 e. The molecular formula is C15H16N2O2. The van der Waals surface area contributed by atoms with Gasteiger partial charge in [0, 0.05) is 12.1 Å². The van der Waals surface area contributed by atoms with Gasteiger partial charge in [-0.3, -0.25) is 4.79 Å². The average molecular weight is 256 g/mol. The van der Waals surface area contributed by atoms with Crippen molar-refractivity contribution in [3.05, 3.63) is 59.7 Å². The zero-order valence-corrected chi connectivity index (χ0v) is 10.7. The molecule has 0 saturated heterocycles. The van der Waals surface area contributed by atoms with Crippen LogP contribution in [0.1, 0.15) is 15.9 Å². The van der Waals surface area contributed by atoms with E-state index in [-0.39, 0.29) is 0 Å². The summed E-state index contributed by atoms with van der Waals surface area (Å²) in [6.07, 6.45) is 0. The van der Waals surface area contributed by atoms with Gasteiger partial charge < -0.3 is 15.8 Å². The lowest BCUT2D eigenvalue weighted by Crippen LogP contribution is -2.15. The average Bonchev–Trinajstić information content (AvgIpc) is 2.45. The van der Waals surface area contributed by atoms with Crippen LogP contribution in [-0.2, 0) is 6.54 Å². The van der Waals surface area contributed by atoms with E-state index in [1.807, 2.05) is 36.4 Å². The van der Waals surface area contributed by atoms with Crippen molar-refractivity contribution in [2.75, 3.05) is 12.4 Å². The lowest BCUT2D eigenvalue weighted by molar-refractivity contribution is 0.0999. The molecule has 2 aromatic rings. The minimum atomic E-state index is -0.419. The van der Waals surface area contributed by atoms with Gasteiger partial charge >= 0.3 is 0 Å². The molecule has 1 amide bonds. The second kappa shape index (κ2) is 5.91. The maximum Gasteiger partial charge on any atom is 0.249 e. The van der Waals surface area contributed by atoms with Crippen molar-refractivity contribution in [3.8, 4) is 5.75 Å². The standard InChI is InChI=1S/C15H16N2O2/c1-19-14-9-5-4-8-13(14)17-10-11-6-2-3-7-12(11)15(16)18/h2-9,17H,10H2,1H3,(H2,16,18). The molecule has 98 valence electrons. The number of benzene rings is 2. The Kier molecular flexibility index (Phi) is 4.03. The van der Waals surface area contributed by atoms with Gasteiger partial charge in [0.25, 0.3) is 0 Å². The molecule has 4 heteroatoms. The first-order valence-electron chi connectivity index (χ1n) is 5.97. The van der Waals surface area contributed by atoms with E-state index in [1.165, 1.54) is 0 Å². The monoisotopic (exact) mass is 256 g/mol. The minimum Gasteiger partial charge on any atom is -0.495 e. The summed E-state index contributed by atoms with van der Waals surface area (Å²) >= 11 is 0. The fourth-order valence-electron chi connectivity index (χ4n) is 1.90. The summed E-state index contributed by atoms with van der Waals surface area (Å²) in [6.45, 7) is 0.513. The molecule has 0 fully saturated rings. The Bertz CT molecular complexity index is 582. The molecule has 0 bridgehead atoms. The van der Waals surface area contributed by atoms with Gasteiger partial charge in [-0.15, -0.1) is 0 Å². The van der Waals surface area contributed by atoms with E-state index in [4.69, 9.17) is 10.5 Å². The Morgan fingerprint density at radius 3 is 2.58 bits per heavy atom. The molecule has 0 heterocycles. The Morgan fingerprint density at radius 1 is 1.16 bits per heavy atom. The fraction of sp³-hybridized carbons (Fsp3) is 0.133. The van der Waals surface area contributed by atoms with Gasteiger partial charge in [0.15, 0.2) is 0 Å². The van der Waals surface area contributed by atoms with E-state index in [2.05, 4.69) is 5.32 Å². The van der Waals surface area contributed by atoms with Crippen molar-refractivity contribution in [3.63, 3.8) is 0 Å². The summed E-state index contributed by atoms with van der Waals surface area (Å²) in [5, 5.41) is 3.24. The molecule has 2 aromatic carbocycles. The van der Waals surface area contributed by atoms with E-state index in [9.17, 15) is 4.79 Å². The summed E-state index contributed by atoms with van der Waals surface area (Å²) in [4.78, 5) is 11.3. The third-order valence-electron chi connectivity index (χ3n) is 2.86. The highest BCUT2D eigenvalue weighted by atomic mass is 16.5. The highest BCUT2D eigenvalue weighted by Gasteiger charge is 2.07. The molecule has 0 aliphatic heterocycles. The van der Waals surface area contributed by atoms with Crippen LogP contribution < -0.4 is 15.8 Å². The van der Waals surface area contributed by atoms with Crippen LogP contribution >= 0.6 is 0 Å². The second-order valence-electron chi connectivity index (χ2n) is 4.08. The summed E-state index contributed by atoms with van der Waals surface area (Å²) in [5.41, 5.74) is 7.62. The predicted molar refractivity (Wildman–Crippen MR) is 75.3 cm³/mol. The van der Waals surface area contributed by atoms with Crippen molar-refractivity contribution in [2.24, 2.45) is 5.73 Å². The van der Waals surface area contributed by atoms with E-state index >= 15 is 0 Å². The first kappa shape index (κ1) is 13.0. The third kappa shape index (κ3) is 3.04. The van der Waals surface area contributed by atoms with Crippen LogP contribution in [0.3, 0.4) is 0 Å². The van der Waals surface area contributed by atoms with Gasteiger partial charge in [0.05, 0.1) is 12.8 Å². The van der Waals surface area contributed by atoms with Crippen molar-refractivity contribution in [2.45, 2.75) is 6.54 Å². The Morgan fingerprint density at radius 2 is 1.84 bits per heavy atom. The molecular weight excluding hydrogens is 240 g/mol. The van der Waals surface area contributed by atoms with Gasteiger partial charge in [0.2, 0.25) is 5.91 Å². The molecule has 0 atom stereocenters. The van der Waals surface area contributed by atoms with Crippen LogP contribution in [0.4, 0.5) is 5.69 Å². The Labute approximate surface area is 112 Å².